The van der Waals surface area contributed by atoms with Crippen molar-refractivity contribution in [2.45, 2.75) is 0 Å². The van der Waals surface area contributed by atoms with Crippen molar-refractivity contribution in [1.29, 1.82) is 0 Å². The molecule has 12 heavy (non-hydrogen) atoms. The SMILES string of the molecule is ON=Cc1cnc2occc2c1. The van der Waals surface area contributed by atoms with Crippen LogP contribution in [-0.4, -0.2) is 16.4 Å². The van der Waals surface area contributed by atoms with Crippen LogP contribution in [0.25, 0.3) is 11.1 Å². The molecule has 60 valence electrons. The Kier molecular flexibility index (Phi) is 1.51. The molecule has 2 rings (SSSR count). The van der Waals surface area contributed by atoms with E-state index in [1.807, 2.05) is 6.07 Å². The van der Waals surface area contributed by atoms with Crippen molar-refractivity contribution in [2.24, 2.45) is 5.16 Å². The molecule has 0 bridgehead atoms. The summed E-state index contributed by atoms with van der Waals surface area (Å²) >= 11 is 0. The van der Waals surface area contributed by atoms with Gasteiger partial charge in [-0.25, -0.2) is 4.98 Å². The monoisotopic (exact) mass is 162 g/mol. The van der Waals surface area contributed by atoms with Crippen molar-refractivity contribution in [3.05, 3.63) is 30.2 Å². The molecule has 0 aliphatic heterocycles. The number of fused-ring (bicyclic) bond motifs is 1. The van der Waals surface area contributed by atoms with Gasteiger partial charge in [0.05, 0.1) is 12.5 Å². The zero-order valence-corrected chi connectivity index (χ0v) is 6.14. The zero-order valence-electron chi connectivity index (χ0n) is 6.14. The van der Waals surface area contributed by atoms with Gasteiger partial charge in [-0.1, -0.05) is 5.16 Å². The lowest BCUT2D eigenvalue weighted by atomic mass is 10.2. The van der Waals surface area contributed by atoms with Crippen molar-refractivity contribution in [2.75, 3.05) is 0 Å². The molecule has 2 aromatic heterocycles. The quantitative estimate of drug-likeness (QED) is 0.394. The van der Waals surface area contributed by atoms with Gasteiger partial charge in [0.2, 0.25) is 5.71 Å². The number of oxime groups is 1. The molecule has 0 aromatic carbocycles. The topological polar surface area (TPSA) is 58.6 Å². The lowest BCUT2D eigenvalue weighted by Gasteiger charge is -1.89. The van der Waals surface area contributed by atoms with E-state index in [2.05, 4.69) is 10.1 Å². The number of hydrogen-bond acceptors (Lipinski definition) is 4. The number of hydrogen-bond donors (Lipinski definition) is 1. The van der Waals surface area contributed by atoms with Gasteiger partial charge in [0, 0.05) is 17.1 Å². The number of rotatable bonds is 1. The first-order valence-electron chi connectivity index (χ1n) is 3.41. The van der Waals surface area contributed by atoms with Gasteiger partial charge in [-0.2, -0.15) is 0 Å². The van der Waals surface area contributed by atoms with Crippen LogP contribution >= 0.6 is 0 Å². The highest BCUT2D eigenvalue weighted by Crippen LogP contribution is 2.12. The molecule has 0 saturated heterocycles. The molecule has 4 heteroatoms. The molecule has 0 aliphatic rings. The number of aromatic nitrogens is 1. The highest BCUT2D eigenvalue weighted by Gasteiger charge is 1.97. The van der Waals surface area contributed by atoms with E-state index in [9.17, 15) is 0 Å². The minimum atomic E-state index is 0.588. The van der Waals surface area contributed by atoms with Crippen LogP contribution in [0, 0.1) is 0 Å². The summed E-state index contributed by atoms with van der Waals surface area (Å²) in [5, 5.41) is 12.1. The minimum Gasteiger partial charge on any atom is -0.446 e. The molecule has 0 spiro atoms. The molecule has 0 radical (unpaired) electrons. The summed E-state index contributed by atoms with van der Waals surface area (Å²) < 4.78 is 5.03. The molecule has 2 aromatic rings. The van der Waals surface area contributed by atoms with Crippen LogP contribution in [0.1, 0.15) is 5.56 Å². The van der Waals surface area contributed by atoms with E-state index < -0.39 is 0 Å². The van der Waals surface area contributed by atoms with Gasteiger partial charge < -0.3 is 9.62 Å². The second-order valence-electron chi connectivity index (χ2n) is 2.33. The summed E-state index contributed by atoms with van der Waals surface area (Å²) in [6.45, 7) is 0. The van der Waals surface area contributed by atoms with Gasteiger partial charge in [0.15, 0.2) is 0 Å². The standard InChI is InChI=1S/C8H6N2O2/c11-10-5-6-3-7-1-2-12-8(7)9-4-6/h1-5,11H. The smallest absolute Gasteiger partial charge is 0.225 e. The predicted octanol–water partition coefficient (Wildman–Crippen LogP) is 1.64. The van der Waals surface area contributed by atoms with Crippen molar-refractivity contribution in [3.8, 4) is 0 Å². The third kappa shape index (κ3) is 1.03. The van der Waals surface area contributed by atoms with E-state index >= 15 is 0 Å². The highest BCUT2D eigenvalue weighted by atomic mass is 16.4. The first-order valence-corrected chi connectivity index (χ1v) is 3.41. The highest BCUT2D eigenvalue weighted by molar-refractivity contribution is 5.85. The maximum Gasteiger partial charge on any atom is 0.225 e. The first kappa shape index (κ1) is 6.84. The molecule has 0 fully saturated rings. The lowest BCUT2D eigenvalue weighted by molar-refractivity contribution is 0.322. The first-order chi connectivity index (χ1) is 5.90. The van der Waals surface area contributed by atoms with Gasteiger partial charge in [-0.15, -0.1) is 0 Å². The van der Waals surface area contributed by atoms with Gasteiger partial charge in [-0.3, -0.25) is 0 Å². The largest absolute Gasteiger partial charge is 0.446 e. The summed E-state index contributed by atoms with van der Waals surface area (Å²) in [4.78, 5) is 3.99. The lowest BCUT2D eigenvalue weighted by Crippen LogP contribution is -1.82. The molecule has 0 aliphatic carbocycles. The Balaban J connectivity index is 2.60. The van der Waals surface area contributed by atoms with Crippen molar-refractivity contribution in [3.63, 3.8) is 0 Å². The van der Waals surface area contributed by atoms with E-state index in [0.717, 1.165) is 10.9 Å². The van der Waals surface area contributed by atoms with Crippen LogP contribution < -0.4 is 0 Å². The maximum atomic E-state index is 8.26. The molecule has 4 nitrogen and oxygen atoms in total. The van der Waals surface area contributed by atoms with Crippen molar-refractivity contribution in [1.82, 2.24) is 4.98 Å². The fraction of sp³-hybridized carbons (Fsp3) is 0. The summed E-state index contributed by atoms with van der Waals surface area (Å²) in [5.41, 5.74) is 1.33. The van der Waals surface area contributed by atoms with Crippen LogP contribution in [0.3, 0.4) is 0 Å². The molecule has 1 N–H and O–H groups in total. The third-order valence-corrected chi connectivity index (χ3v) is 1.53. The number of pyridine rings is 1. The summed E-state index contributed by atoms with van der Waals surface area (Å²) in [5.74, 6) is 0. The Hall–Kier alpha value is -1.84. The average Bonchev–Trinajstić information content (AvgIpc) is 2.51. The normalized spacial score (nSPS) is 11.3. The number of nitrogens with zero attached hydrogens (tertiary/aromatic N) is 2. The van der Waals surface area contributed by atoms with Crippen LogP contribution in [0.15, 0.2) is 34.2 Å². The summed E-state index contributed by atoms with van der Waals surface area (Å²) in [7, 11) is 0. The molecular weight excluding hydrogens is 156 g/mol. The Labute approximate surface area is 68.1 Å². The maximum absolute atomic E-state index is 8.26. The fourth-order valence-electron chi connectivity index (χ4n) is 1.01. The van der Waals surface area contributed by atoms with Crippen molar-refractivity contribution < 1.29 is 9.62 Å². The zero-order chi connectivity index (χ0) is 8.39. The Morgan fingerprint density at radius 1 is 1.58 bits per heavy atom. The molecule has 0 saturated carbocycles. The van der Waals surface area contributed by atoms with Crippen molar-refractivity contribution >= 4 is 17.3 Å². The number of furan rings is 1. The molecular formula is C8H6N2O2. The molecule has 2 heterocycles. The molecule has 0 unspecified atom stereocenters. The minimum absolute atomic E-state index is 0.588. The van der Waals surface area contributed by atoms with Gasteiger partial charge in [-0.05, 0) is 12.1 Å². The van der Waals surface area contributed by atoms with E-state index in [1.54, 1.807) is 18.5 Å². The summed E-state index contributed by atoms with van der Waals surface area (Å²) in [6, 6.07) is 3.63. The second kappa shape index (κ2) is 2.65. The van der Waals surface area contributed by atoms with E-state index in [0.29, 0.717) is 5.71 Å². The molecule has 0 amide bonds. The third-order valence-electron chi connectivity index (χ3n) is 1.53. The fourth-order valence-corrected chi connectivity index (χ4v) is 1.01. The van der Waals surface area contributed by atoms with Crippen LogP contribution in [0.2, 0.25) is 0 Å². The van der Waals surface area contributed by atoms with Crippen LogP contribution in [-0.2, 0) is 0 Å². The van der Waals surface area contributed by atoms with Crippen LogP contribution in [0.4, 0.5) is 0 Å². The van der Waals surface area contributed by atoms with E-state index in [-0.39, 0.29) is 0 Å². The van der Waals surface area contributed by atoms with E-state index in [1.165, 1.54) is 6.21 Å². The molecule has 0 atom stereocenters. The van der Waals surface area contributed by atoms with Crippen LogP contribution in [0.5, 0.6) is 0 Å². The summed E-state index contributed by atoms with van der Waals surface area (Å²) in [6.07, 6.45) is 4.46. The Bertz CT molecular complexity index is 420. The Morgan fingerprint density at radius 3 is 3.33 bits per heavy atom. The van der Waals surface area contributed by atoms with Gasteiger partial charge in [0.25, 0.3) is 0 Å². The Morgan fingerprint density at radius 2 is 2.50 bits per heavy atom. The van der Waals surface area contributed by atoms with E-state index in [4.69, 9.17) is 9.62 Å². The second-order valence-corrected chi connectivity index (χ2v) is 2.33. The average molecular weight is 162 g/mol. The van der Waals surface area contributed by atoms with Gasteiger partial charge in [0.1, 0.15) is 0 Å². The van der Waals surface area contributed by atoms with Gasteiger partial charge >= 0.3 is 0 Å². The predicted molar refractivity (Wildman–Crippen MR) is 43.4 cm³/mol.